The molecule has 0 radical (unpaired) electrons. The van der Waals surface area contributed by atoms with Crippen molar-refractivity contribution in [3.63, 3.8) is 0 Å². The summed E-state index contributed by atoms with van der Waals surface area (Å²) in [5.41, 5.74) is -1.52. The zero-order valence-electron chi connectivity index (χ0n) is 7.43. The summed E-state index contributed by atoms with van der Waals surface area (Å²) >= 11 is 0. The third-order valence-corrected chi connectivity index (χ3v) is 2.22. The highest BCUT2D eigenvalue weighted by atomic mass is 19.4. The number of hydrogen-bond donors (Lipinski definition) is 0. The van der Waals surface area contributed by atoms with E-state index in [-0.39, 0.29) is 5.56 Å². The van der Waals surface area contributed by atoms with E-state index in [1.54, 1.807) is 6.92 Å². The van der Waals surface area contributed by atoms with Crippen molar-refractivity contribution in [1.82, 2.24) is 4.98 Å². The first-order valence-corrected chi connectivity index (χ1v) is 4.10. The fourth-order valence-electron chi connectivity index (χ4n) is 1.32. The molecule has 0 spiro atoms. The van der Waals surface area contributed by atoms with Gasteiger partial charge in [-0.15, -0.1) is 0 Å². The molecule has 0 bridgehead atoms. The van der Waals surface area contributed by atoms with Crippen molar-refractivity contribution < 1.29 is 17.9 Å². The van der Waals surface area contributed by atoms with Crippen LogP contribution in [0, 0.1) is 0 Å². The highest BCUT2D eigenvalue weighted by Crippen LogP contribution is 2.43. The smallest absolute Gasteiger partial charge is 0.365 e. The summed E-state index contributed by atoms with van der Waals surface area (Å²) in [5.74, 6) is 0. The molecule has 2 nitrogen and oxygen atoms in total. The van der Waals surface area contributed by atoms with Crippen LogP contribution >= 0.6 is 0 Å². The lowest BCUT2D eigenvalue weighted by Gasteiger charge is -2.13. The largest absolute Gasteiger partial charge is 0.433 e. The third kappa shape index (κ3) is 1.48. The van der Waals surface area contributed by atoms with E-state index in [1.165, 1.54) is 12.1 Å². The van der Waals surface area contributed by atoms with Crippen LogP contribution in [0.15, 0.2) is 18.3 Å². The molecule has 1 fully saturated rings. The van der Waals surface area contributed by atoms with Crippen LogP contribution in [0.4, 0.5) is 13.2 Å². The van der Waals surface area contributed by atoms with Crippen LogP contribution in [0.3, 0.4) is 0 Å². The molecule has 1 aliphatic rings. The van der Waals surface area contributed by atoms with Gasteiger partial charge in [-0.05, 0) is 13.0 Å². The Balaban J connectivity index is 2.50. The van der Waals surface area contributed by atoms with E-state index in [1.807, 2.05) is 0 Å². The van der Waals surface area contributed by atoms with Crippen LogP contribution in [0.1, 0.15) is 18.2 Å². The van der Waals surface area contributed by atoms with Crippen molar-refractivity contribution in [2.24, 2.45) is 0 Å². The molecule has 1 aromatic rings. The fraction of sp³-hybridized carbons (Fsp3) is 0.444. The molecular formula is C9H8F3NO. The van der Waals surface area contributed by atoms with Crippen LogP contribution in [-0.4, -0.2) is 11.6 Å². The predicted octanol–water partition coefficient (Wildman–Crippen LogP) is 2.35. The molecule has 0 saturated carbocycles. The highest BCUT2D eigenvalue weighted by molar-refractivity contribution is 5.31. The van der Waals surface area contributed by atoms with Crippen molar-refractivity contribution >= 4 is 0 Å². The van der Waals surface area contributed by atoms with Gasteiger partial charge in [0.1, 0.15) is 5.60 Å². The van der Waals surface area contributed by atoms with Gasteiger partial charge in [0.2, 0.25) is 0 Å². The van der Waals surface area contributed by atoms with Crippen LogP contribution < -0.4 is 0 Å². The summed E-state index contributed by atoms with van der Waals surface area (Å²) < 4.78 is 42.4. The van der Waals surface area contributed by atoms with E-state index in [0.717, 1.165) is 6.20 Å². The fourth-order valence-corrected chi connectivity index (χ4v) is 1.32. The SMILES string of the molecule is CC1(c2cccnc2C(F)(F)F)CO1. The molecule has 2 rings (SSSR count). The quantitative estimate of drug-likeness (QED) is 0.654. The molecule has 5 heteroatoms. The molecule has 0 N–H and O–H groups in total. The molecule has 1 aliphatic heterocycles. The van der Waals surface area contributed by atoms with Crippen LogP contribution in [0.25, 0.3) is 0 Å². The van der Waals surface area contributed by atoms with E-state index in [4.69, 9.17) is 4.74 Å². The molecule has 1 atom stereocenters. The number of epoxide rings is 1. The molecule has 1 aromatic heterocycles. The van der Waals surface area contributed by atoms with E-state index in [0.29, 0.717) is 6.61 Å². The zero-order valence-corrected chi connectivity index (χ0v) is 7.43. The lowest BCUT2D eigenvalue weighted by Crippen LogP contribution is -2.16. The second-order valence-electron chi connectivity index (χ2n) is 3.42. The summed E-state index contributed by atoms with van der Waals surface area (Å²) in [5, 5.41) is 0. The molecule has 1 unspecified atom stereocenters. The third-order valence-electron chi connectivity index (χ3n) is 2.22. The Labute approximate surface area is 78.7 Å². The minimum atomic E-state index is -4.41. The average molecular weight is 203 g/mol. The summed E-state index contributed by atoms with van der Waals surface area (Å²) in [6.45, 7) is 1.95. The van der Waals surface area contributed by atoms with Gasteiger partial charge in [-0.25, -0.2) is 0 Å². The number of pyridine rings is 1. The van der Waals surface area contributed by atoms with Crippen molar-refractivity contribution in [3.05, 3.63) is 29.6 Å². The van der Waals surface area contributed by atoms with Gasteiger partial charge < -0.3 is 4.74 Å². The Morgan fingerprint density at radius 1 is 1.50 bits per heavy atom. The molecule has 14 heavy (non-hydrogen) atoms. The maximum Gasteiger partial charge on any atom is 0.433 e. The van der Waals surface area contributed by atoms with Gasteiger partial charge in [0.15, 0.2) is 5.69 Å². The number of aromatic nitrogens is 1. The molecule has 2 heterocycles. The molecule has 0 aromatic carbocycles. The molecule has 0 amide bonds. The lowest BCUT2D eigenvalue weighted by molar-refractivity contribution is -0.142. The van der Waals surface area contributed by atoms with Gasteiger partial charge in [-0.3, -0.25) is 4.98 Å². The molecular weight excluding hydrogens is 195 g/mol. The number of rotatable bonds is 1. The Kier molecular flexibility index (Phi) is 1.82. The zero-order chi connectivity index (χ0) is 10.4. The normalized spacial score (nSPS) is 26.3. The number of alkyl halides is 3. The number of nitrogens with zero attached hydrogens (tertiary/aromatic N) is 1. The van der Waals surface area contributed by atoms with Gasteiger partial charge in [-0.2, -0.15) is 13.2 Å². The van der Waals surface area contributed by atoms with Gasteiger partial charge in [0, 0.05) is 11.8 Å². The molecule has 76 valence electrons. The van der Waals surface area contributed by atoms with Gasteiger partial charge in [0.25, 0.3) is 0 Å². The summed E-state index contributed by atoms with van der Waals surface area (Å²) in [4.78, 5) is 3.35. The monoisotopic (exact) mass is 203 g/mol. The van der Waals surface area contributed by atoms with Crippen molar-refractivity contribution in [3.8, 4) is 0 Å². The first-order valence-electron chi connectivity index (χ1n) is 4.10. The first-order chi connectivity index (χ1) is 6.43. The van der Waals surface area contributed by atoms with Crippen LogP contribution in [0.2, 0.25) is 0 Å². The Morgan fingerprint density at radius 2 is 2.14 bits per heavy atom. The maximum atomic E-state index is 12.5. The lowest BCUT2D eigenvalue weighted by atomic mass is 10.0. The Bertz CT molecular complexity index is 333. The van der Waals surface area contributed by atoms with Crippen molar-refractivity contribution in [2.75, 3.05) is 6.61 Å². The van der Waals surface area contributed by atoms with E-state index < -0.39 is 17.5 Å². The van der Waals surface area contributed by atoms with Crippen molar-refractivity contribution in [1.29, 1.82) is 0 Å². The van der Waals surface area contributed by atoms with Gasteiger partial charge in [0.05, 0.1) is 6.61 Å². The molecule has 1 saturated heterocycles. The first kappa shape index (κ1) is 9.45. The minimum absolute atomic E-state index is 0.118. The van der Waals surface area contributed by atoms with Gasteiger partial charge >= 0.3 is 6.18 Å². The summed E-state index contributed by atoms with van der Waals surface area (Å²) in [6.07, 6.45) is -3.27. The number of ether oxygens (including phenoxy) is 1. The predicted molar refractivity (Wildman–Crippen MR) is 42.5 cm³/mol. The standard InChI is InChI=1S/C9H8F3NO/c1-8(5-14-8)6-3-2-4-13-7(6)9(10,11)12/h2-4H,5H2,1H3. The minimum Gasteiger partial charge on any atom is -0.365 e. The topological polar surface area (TPSA) is 25.4 Å². The second kappa shape index (κ2) is 2.70. The second-order valence-corrected chi connectivity index (χ2v) is 3.42. The highest BCUT2D eigenvalue weighted by Gasteiger charge is 2.48. The number of hydrogen-bond acceptors (Lipinski definition) is 2. The summed E-state index contributed by atoms with van der Waals surface area (Å²) in [6, 6.07) is 2.89. The van der Waals surface area contributed by atoms with Crippen molar-refractivity contribution in [2.45, 2.75) is 18.7 Å². The number of halogens is 3. The Morgan fingerprint density at radius 3 is 2.64 bits per heavy atom. The van der Waals surface area contributed by atoms with Crippen LogP contribution in [0.5, 0.6) is 0 Å². The van der Waals surface area contributed by atoms with E-state index in [9.17, 15) is 13.2 Å². The van der Waals surface area contributed by atoms with E-state index >= 15 is 0 Å². The maximum absolute atomic E-state index is 12.5. The molecule has 0 aliphatic carbocycles. The Hall–Kier alpha value is -1.10. The van der Waals surface area contributed by atoms with Crippen LogP contribution in [-0.2, 0) is 16.5 Å². The summed E-state index contributed by atoms with van der Waals surface area (Å²) in [7, 11) is 0. The average Bonchev–Trinajstić information content (AvgIpc) is 2.84. The van der Waals surface area contributed by atoms with Gasteiger partial charge in [-0.1, -0.05) is 6.07 Å². The van der Waals surface area contributed by atoms with E-state index in [2.05, 4.69) is 4.98 Å².